The third-order valence-electron chi connectivity index (χ3n) is 5.72. The Labute approximate surface area is 203 Å². The lowest BCUT2D eigenvalue weighted by Crippen LogP contribution is -2.24. The minimum absolute atomic E-state index is 0.0412. The van der Waals surface area contributed by atoms with Crippen molar-refractivity contribution in [2.75, 3.05) is 27.5 Å². The van der Waals surface area contributed by atoms with Crippen molar-refractivity contribution in [1.29, 1.82) is 0 Å². The van der Waals surface area contributed by atoms with Crippen LogP contribution in [0.5, 0.6) is 17.2 Å². The molecule has 0 fully saturated rings. The second-order valence-electron chi connectivity index (χ2n) is 8.31. The molecule has 0 spiro atoms. The second kappa shape index (κ2) is 11.3. The Morgan fingerprint density at radius 2 is 1.74 bits per heavy atom. The van der Waals surface area contributed by atoms with Crippen LogP contribution in [0.15, 0.2) is 48.5 Å². The second-order valence-corrected chi connectivity index (χ2v) is 8.31. The van der Waals surface area contributed by atoms with Crippen LogP contribution in [-0.2, 0) is 5.60 Å². The summed E-state index contributed by atoms with van der Waals surface area (Å²) < 4.78 is 42.1. The summed E-state index contributed by atoms with van der Waals surface area (Å²) >= 11 is 0. The lowest BCUT2D eigenvalue weighted by molar-refractivity contribution is 0.0397. The van der Waals surface area contributed by atoms with Crippen molar-refractivity contribution < 1.29 is 32.9 Å². The summed E-state index contributed by atoms with van der Waals surface area (Å²) in [6.07, 6.45) is 0.148. The standard InChI is InChI=1S/C27H29F2NO5/c1-17-15-19(5-7-20(17)29)26-23(33-3)9-10-25(30-26)27(2,32)12-11-21(31)18-6-8-22(35-14-13-28)24(16-18)34-4/h5-10,15-16,32H,11-14H2,1-4H3. The Hall–Kier alpha value is -3.52. The zero-order valence-electron chi connectivity index (χ0n) is 20.2. The Bertz CT molecular complexity index is 1200. The topological polar surface area (TPSA) is 77.9 Å². The average Bonchev–Trinajstić information content (AvgIpc) is 2.87. The number of benzene rings is 2. The first-order valence-electron chi connectivity index (χ1n) is 11.1. The highest BCUT2D eigenvalue weighted by Gasteiger charge is 2.27. The quantitative estimate of drug-likeness (QED) is 0.365. The highest BCUT2D eigenvalue weighted by molar-refractivity contribution is 5.96. The number of ketones is 1. The Kier molecular flexibility index (Phi) is 8.40. The van der Waals surface area contributed by atoms with Crippen LogP contribution in [0, 0.1) is 12.7 Å². The first-order valence-corrected chi connectivity index (χ1v) is 11.1. The van der Waals surface area contributed by atoms with Gasteiger partial charge in [-0.05, 0) is 74.4 Å². The van der Waals surface area contributed by atoms with Gasteiger partial charge in [0.15, 0.2) is 17.3 Å². The molecule has 1 N–H and O–H groups in total. The number of pyridine rings is 1. The van der Waals surface area contributed by atoms with E-state index >= 15 is 0 Å². The number of Topliss-reactive ketones (excluding diaryl/α,β-unsaturated/α-hetero) is 1. The molecule has 0 saturated carbocycles. The molecule has 1 unspecified atom stereocenters. The van der Waals surface area contributed by atoms with Gasteiger partial charge in [-0.15, -0.1) is 0 Å². The maximum Gasteiger partial charge on any atom is 0.163 e. The molecular formula is C27H29F2NO5. The SMILES string of the molecule is COc1cc(C(=O)CCC(C)(O)c2ccc(OC)c(-c3ccc(F)c(C)c3)n2)ccc1OCCF. The van der Waals surface area contributed by atoms with Crippen LogP contribution in [0.3, 0.4) is 0 Å². The van der Waals surface area contributed by atoms with Gasteiger partial charge in [-0.3, -0.25) is 4.79 Å². The van der Waals surface area contributed by atoms with Gasteiger partial charge in [-0.1, -0.05) is 0 Å². The third kappa shape index (κ3) is 6.14. The fourth-order valence-corrected chi connectivity index (χ4v) is 3.65. The van der Waals surface area contributed by atoms with Gasteiger partial charge in [-0.2, -0.15) is 0 Å². The zero-order chi connectivity index (χ0) is 25.6. The predicted molar refractivity (Wildman–Crippen MR) is 129 cm³/mol. The van der Waals surface area contributed by atoms with E-state index in [9.17, 15) is 18.7 Å². The number of aliphatic hydroxyl groups is 1. The van der Waals surface area contributed by atoms with E-state index in [1.165, 1.54) is 26.4 Å². The summed E-state index contributed by atoms with van der Waals surface area (Å²) in [5.74, 6) is 0.622. The monoisotopic (exact) mass is 485 g/mol. The van der Waals surface area contributed by atoms with E-state index in [-0.39, 0.29) is 31.0 Å². The summed E-state index contributed by atoms with van der Waals surface area (Å²) in [4.78, 5) is 17.4. The number of carbonyl (C=O) groups excluding carboxylic acids is 1. The molecule has 0 aliphatic carbocycles. The van der Waals surface area contributed by atoms with Crippen LogP contribution >= 0.6 is 0 Å². The van der Waals surface area contributed by atoms with Gasteiger partial charge < -0.3 is 19.3 Å². The number of ether oxygens (including phenoxy) is 3. The van der Waals surface area contributed by atoms with E-state index in [4.69, 9.17) is 14.2 Å². The van der Waals surface area contributed by atoms with E-state index in [1.54, 1.807) is 50.2 Å². The van der Waals surface area contributed by atoms with Crippen LogP contribution in [0.2, 0.25) is 0 Å². The van der Waals surface area contributed by atoms with Gasteiger partial charge in [0.2, 0.25) is 0 Å². The van der Waals surface area contributed by atoms with E-state index in [2.05, 4.69) is 4.98 Å². The van der Waals surface area contributed by atoms with Crippen LogP contribution in [0.25, 0.3) is 11.3 Å². The molecule has 186 valence electrons. The smallest absolute Gasteiger partial charge is 0.163 e. The van der Waals surface area contributed by atoms with Crippen molar-refractivity contribution >= 4 is 5.78 Å². The molecule has 0 radical (unpaired) electrons. The van der Waals surface area contributed by atoms with Crippen LogP contribution in [-0.4, -0.2) is 43.4 Å². The molecule has 1 heterocycles. The molecule has 1 atom stereocenters. The van der Waals surface area contributed by atoms with E-state index in [0.717, 1.165) is 0 Å². The van der Waals surface area contributed by atoms with Crippen molar-refractivity contribution in [2.45, 2.75) is 32.3 Å². The number of carbonyl (C=O) groups is 1. The van der Waals surface area contributed by atoms with Gasteiger partial charge in [0, 0.05) is 17.5 Å². The van der Waals surface area contributed by atoms with Crippen molar-refractivity contribution in [2.24, 2.45) is 0 Å². The van der Waals surface area contributed by atoms with Gasteiger partial charge in [0.05, 0.1) is 19.9 Å². The number of hydrogen-bond donors (Lipinski definition) is 1. The van der Waals surface area contributed by atoms with E-state index < -0.39 is 12.3 Å². The molecule has 0 bridgehead atoms. The van der Waals surface area contributed by atoms with Gasteiger partial charge in [0.25, 0.3) is 0 Å². The summed E-state index contributed by atoms with van der Waals surface area (Å²) in [6, 6.07) is 12.6. The fraction of sp³-hybridized carbons (Fsp3) is 0.333. The van der Waals surface area contributed by atoms with Crippen molar-refractivity contribution in [3.63, 3.8) is 0 Å². The molecule has 6 nitrogen and oxygen atoms in total. The summed E-state index contributed by atoms with van der Waals surface area (Å²) in [7, 11) is 2.95. The van der Waals surface area contributed by atoms with E-state index in [1.807, 2.05) is 0 Å². The number of alkyl halides is 1. The first-order chi connectivity index (χ1) is 16.7. The third-order valence-corrected chi connectivity index (χ3v) is 5.72. The minimum atomic E-state index is -1.42. The van der Waals surface area contributed by atoms with Crippen molar-refractivity contribution in [3.05, 3.63) is 71.2 Å². The molecule has 0 aliphatic rings. The lowest BCUT2D eigenvalue weighted by Gasteiger charge is -2.24. The van der Waals surface area contributed by atoms with Gasteiger partial charge in [-0.25, -0.2) is 13.8 Å². The number of methoxy groups -OCH3 is 2. The first kappa shape index (κ1) is 26.1. The summed E-state index contributed by atoms with van der Waals surface area (Å²) in [5, 5.41) is 11.2. The van der Waals surface area contributed by atoms with E-state index in [0.29, 0.717) is 45.3 Å². The number of halogens is 2. The highest BCUT2D eigenvalue weighted by atomic mass is 19.1. The molecule has 1 aromatic heterocycles. The maximum absolute atomic E-state index is 13.8. The summed E-state index contributed by atoms with van der Waals surface area (Å²) in [6.45, 7) is 2.50. The highest BCUT2D eigenvalue weighted by Crippen LogP contribution is 2.34. The normalized spacial score (nSPS) is 12.7. The maximum atomic E-state index is 13.8. The minimum Gasteiger partial charge on any atom is -0.494 e. The van der Waals surface area contributed by atoms with Crippen LogP contribution in [0.1, 0.15) is 41.4 Å². The number of rotatable bonds is 11. The zero-order valence-corrected chi connectivity index (χ0v) is 20.2. The largest absolute Gasteiger partial charge is 0.494 e. The van der Waals surface area contributed by atoms with Crippen molar-refractivity contribution in [1.82, 2.24) is 4.98 Å². The molecule has 0 saturated heterocycles. The molecule has 35 heavy (non-hydrogen) atoms. The Morgan fingerprint density at radius 3 is 2.40 bits per heavy atom. The number of aryl methyl sites for hydroxylation is 1. The molecule has 0 amide bonds. The average molecular weight is 486 g/mol. The fourth-order valence-electron chi connectivity index (χ4n) is 3.65. The lowest BCUT2D eigenvalue weighted by atomic mass is 9.92. The number of aromatic nitrogens is 1. The molecule has 3 aromatic rings. The van der Waals surface area contributed by atoms with Gasteiger partial charge >= 0.3 is 0 Å². The Balaban J connectivity index is 1.80. The molecule has 2 aromatic carbocycles. The molecular weight excluding hydrogens is 456 g/mol. The Morgan fingerprint density at radius 1 is 1.03 bits per heavy atom. The number of nitrogens with zero attached hydrogens (tertiary/aromatic N) is 1. The van der Waals surface area contributed by atoms with Crippen LogP contribution < -0.4 is 14.2 Å². The predicted octanol–water partition coefficient (Wildman–Crippen LogP) is 5.43. The molecule has 0 aliphatic heterocycles. The summed E-state index contributed by atoms with van der Waals surface area (Å²) in [5.41, 5.74) is 0.904. The van der Waals surface area contributed by atoms with Gasteiger partial charge in [0.1, 0.15) is 36.1 Å². The number of hydrogen-bond acceptors (Lipinski definition) is 6. The molecule has 3 rings (SSSR count). The van der Waals surface area contributed by atoms with Crippen molar-refractivity contribution in [3.8, 4) is 28.5 Å². The molecule has 8 heteroatoms. The van der Waals surface area contributed by atoms with Crippen LogP contribution in [0.4, 0.5) is 8.78 Å².